The maximum absolute atomic E-state index is 6.47. The predicted molar refractivity (Wildman–Crippen MR) is 199 cm³/mol. The molecule has 2 nitrogen and oxygen atoms in total. The Morgan fingerprint density at radius 2 is 0.851 bits per heavy atom. The molecule has 4 aromatic carbocycles. The maximum atomic E-state index is 6.47. The first kappa shape index (κ1) is 33.4. The molecule has 0 saturated carbocycles. The molecule has 0 N–H and O–H groups in total. The van der Waals surface area contributed by atoms with E-state index in [0.717, 1.165) is 49.4 Å². The SMILES string of the molecule is CC(C)CCCC(C)CCOc1ccc2c(c1)-c1cc(OCCC(C)CCCC(C)C)ccc1C21c2ccccc2-c2ccccc21. The van der Waals surface area contributed by atoms with Crippen LogP contribution in [0.4, 0.5) is 0 Å². The zero-order valence-corrected chi connectivity index (χ0v) is 29.8. The van der Waals surface area contributed by atoms with Gasteiger partial charge in [-0.25, -0.2) is 0 Å². The third-order valence-corrected chi connectivity index (χ3v) is 10.7. The van der Waals surface area contributed by atoms with Crippen LogP contribution in [0.1, 0.15) is 115 Å². The summed E-state index contributed by atoms with van der Waals surface area (Å²) in [7, 11) is 0. The quantitative estimate of drug-likeness (QED) is 0.106. The molecule has 2 atom stereocenters. The zero-order chi connectivity index (χ0) is 33.0. The molecule has 47 heavy (non-hydrogen) atoms. The van der Waals surface area contributed by atoms with Crippen LogP contribution < -0.4 is 9.47 Å². The van der Waals surface area contributed by atoms with Crippen molar-refractivity contribution in [1.82, 2.24) is 0 Å². The van der Waals surface area contributed by atoms with Crippen molar-refractivity contribution in [3.8, 4) is 33.8 Å². The Hall–Kier alpha value is -3.52. The van der Waals surface area contributed by atoms with E-state index >= 15 is 0 Å². The van der Waals surface area contributed by atoms with E-state index in [1.807, 2.05) is 0 Å². The Morgan fingerprint density at radius 1 is 0.447 bits per heavy atom. The van der Waals surface area contributed by atoms with Crippen LogP contribution in [-0.4, -0.2) is 13.2 Å². The fraction of sp³-hybridized carbons (Fsp3) is 0.467. The van der Waals surface area contributed by atoms with Crippen LogP contribution in [0.3, 0.4) is 0 Å². The van der Waals surface area contributed by atoms with Crippen molar-refractivity contribution in [1.29, 1.82) is 0 Å². The predicted octanol–water partition coefficient (Wildman–Crippen LogP) is 12.5. The molecule has 0 radical (unpaired) electrons. The van der Waals surface area contributed by atoms with Crippen molar-refractivity contribution in [2.45, 2.75) is 98.3 Å². The molecule has 0 fully saturated rings. The molecule has 0 aliphatic heterocycles. The molecule has 1 spiro atoms. The first-order chi connectivity index (χ1) is 22.8. The third-order valence-electron chi connectivity index (χ3n) is 10.7. The summed E-state index contributed by atoms with van der Waals surface area (Å²) in [5.74, 6) is 4.84. The molecule has 0 amide bonds. The highest BCUT2D eigenvalue weighted by molar-refractivity contribution is 5.95. The van der Waals surface area contributed by atoms with Crippen molar-refractivity contribution in [3.05, 3.63) is 107 Å². The Balaban J connectivity index is 1.29. The molecule has 0 aromatic heterocycles. The Labute approximate surface area is 284 Å². The number of hydrogen-bond donors (Lipinski definition) is 0. The van der Waals surface area contributed by atoms with Gasteiger partial charge < -0.3 is 9.47 Å². The molecule has 248 valence electrons. The molecule has 0 saturated heterocycles. The summed E-state index contributed by atoms with van der Waals surface area (Å²) in [6, 6.07) is 31.7. The topological polar surface area (TPSA) is 18.5 Å². The Morgan fingerprint density at radius 3 is 1.28 bits per heavy atom. The molecular weight excluding hydrogens is 572 g/mol. The van der Waals surface area contributed by atoms with Crippen LogP contribution in [0.5, 0.6) is 11.5 Å². The average Bonchev–Trinajstić information content (AvgIpc) is 3.51. The second kappa shape index (κ2) is 14.7. The van der Waals surface area contributed by atoms with Gasteiger partial charge in [0.15, 0.2) is 0 Å². The largest absolute Gasteiger partial charge is 0.494 e. The lowest BCUT2D eigenvalue weighted by atomic mass is 9.70. The summed E-state index contributed by atoms with van der Waals surface area (Å²) in [5, 5.41) is 0. The van der Waals surface area contributed by atoms with E-state index < -0.39 is 0 Å². The molecule has 6 rings (SSSR count). The summed E-state index contributed by atoms with van der Waals surface area (Å²) in [6.45, 7) is 15.5. The fourth-order valence-electron chi connectivity index (χ4n) is 8.08. The summed E-state index contributed by atoms with van der Waals surface area (Å²) >= 11 is 0. The van der Waals surface area contributed by atoms with Crippen molar-refractivity contribution < 1.29 is 9.47 Å². The number of fused-ring (bicyclic) bond motifs is 10. The maximum Gasteiger partial charge on any atom is 0.119 e. The summed E-state index contributed by atoms with van der Waals surface area (Å²) < 4.78 is 12.9. The molecule has 2 aliphatic carbocycles. The van der Waals surface area contributed by atoms with Gasteiger partial charge in [-0.05, 0) is 105 Å². The molecule has 4 aromatic rings. The monoisotopic (exact) mass is 628 g/mol. The van der Waals surface area contributed by atoms with E-state index in [1.165, 1.54) is 83.0 Å². The fourth-order valence-corrected chi connectivity index (χ4v) is 8.08. The molecule has 2 unspecified atom stereocenters. The van der Waals surface area contributed by atoms with Gasteiger partial charge in [-0.1, -0.05) is 141 Å². The van der Waals surface area contributed by atoms with E-state index in [1.54, 1.807) is 0 Å². The summed E-state index contributed by atoms with van der Waals surface area (Å²) in [6.07, 6.45) is 9.97. The first-order valence-electron chi connectivity index (χ1n) is 18.5. The number of hydrogen-bond acceptors (Lipinski definition) is 2. The highest BCUT2D eigenvalue weighted by atomic mass is 16.5. The lowest BCUT2D eigenvalue weighted by Crippen LogP contribution is -2.25. The number of ether oxygens (including phenoxy) is 2. The third kappa shape index (κ3) is 6.89. The molecular formula is C45H56O2. The van der Waals surface area contributed by atoms with Gasteiger partial charge in [0.1, 0.15) is 11.5 Å². The van der Waals surface area contributed by atoms with Crippen LogP contribution in [0.2, 0.25) is 0 Å². The molecule has 2 heteroatoms. The lowest BCUT2D eigenvalue weighted by molar-refractivity contribution is 0.275. The van der Waals surface area contributed by atoms with Crippen LogP contribution in [0.15, 0.2) is 84.9 Å². The van der Waals surface area contributed by atoms with Gasteiger partial charge in [0.25, 0.3) is 0 Å². The van der Waals surface area contributed by atoms with Gasteiger partial charge >= 0.3 is 0 Å². The smallest absolute Gasteiger partial charge is 0.119 e. The lowest BCUT2D eigenvalue weighted by Gasteiger charge is -2.30. The normalized spacial score (nSPS) is 15.0. The summed E-state index contributed by atoms with van der Waals surface area (Å²) in [5.41, 5.74) is 10.3. The minimum absolute atomic E-state index is 0.342. The number of benzene rings is 4. The van der Waals surface area contributed by atoms with E-state index in [9.17, 15) is 0 Å². The van der Waals surface area contributed by atoms with E-state index in [4.69, 9.17) is 9.47 Å². The van der Waals surface area contributed by atoms with Crippen LogP contribution >= 0.6 is 0 Å². The standard InChI is InChI=1S/C45H56O2/c1-31(2)13-11-15-33(5)25-27-46-35-21-23-43-39(29-35)40-30-36(47-28-26-34(6)16-12-14-32(3)4)22-24-44(40)45(43)41-19-9-7-17-37(41)38-18-8-10-20-42(38)45/h7-10,17-24,29-34H,11-16,25-28H2,1-6H3. The van der Waals surface area contributed by atoms with Gasteiger partial charge in [0, 0.05) is 0 Å². The minimum Gasteiger partial charge on any atom is -0.494 e. The van der Waals surface area contributed by atoms with Gasteiger partial charge in [-0.15, -0.1) is 0 Å². The van der Waals surface area contributed by atoms with E-state index in [2.05, 4.69) is 126 Å². The highest BCUT2D eigenvalue weighted by Crippen LogP contribution is 2.63. The van der Waals surface area contributed by atoms with Gasteiger partial charge in [-0.2, -0.15) is 0 Å². The van der Waals surface area contributed by atoms with E-state index in [-0.39, 0.29) is 5.41 Å². The molecule has 2 aliphatic rings. The summed E-state index contributed by atoms with van der Waals surface area (Å²) in [4.78, 5) is 0. The van der Waals surface area contributed by atoms with Crippen molar-refractivity contribution in [3.63, 3.8) is 0 Å². The van der Waals surface area contributed by atoms with Crippen LogP contribution in [-0.2, 0) is 5.41 Å². The van der Waals surface area contributed by atoms with Gasteiger partial charge in [0.2, 0.25) is 0 Å². The highest BCUT2D eigenvalue weighted by Gasteiger charge is 2.51. The second-order valence-electron chi connectivity index (χ2n) is 15.4. The minimum atomic E-state index is -0.342. The average molecular weight is 629 g/mol. The van der Waals surface area contributed by atoms with Crippen LogP contribution in [0.25, 0.3) is 22.3 Å². The zero-order valence-electron chi connectivity index (χ0n) is 29.8. The van der Waals surface area contributed by atoms with Crippen molar-refractivity contribution >= 4 is 0 Å². The van der Waals surface area contributed by atoms with E-state index in [0.29, 0.717) is 11.8 Å². The molecule has 0 bridgehead atoms. The van der Waals surface area contributed by atoms with Crippen molar-refractivity contribution in [2.75, 3.05) is 13.2 Å². The van der Waals surface area contributed by atoms with Crippen LogP contribution in [0, 0.1) is 23.7 Å². The second-order valence-corrected chi connectivity index (χ2v) is 15.4. The van der Waals surface area contributed by atoms with Gasteiger partial charge in [0.05, 0.1) is 18.6 Å². The first-order valence-corrected chi connectivity index (χ1v) is 18.5. The number of rotatable bonds is 16. The van der Waals surface area contributed by atoms with Crippen molar-refractivity contribution in [2.24, 2.45) is 23.7 Å². The molecule has 0 heterocycles. The van der Waals surface area contributed by atoms with Gasteiger partial charge in [-0.3, -0.25) is 0 Å². The Kier molecular flexibility index (Phi) is 10.5. The Bertz CT molecular complexity index is 1520.